The predicted molar refractivity (Wildman–Crippen MR) is 92.6 cm³/mol. The predicted octanol–water partition coefficient (Wildman–Crippen LogP) is 3.86. The van der Waals surface area contributed by atoms with Gasteiger partial charge in [-0.2, -0.15) is 0 Å². The van der Waals surface area contributed by atoms with Gasteiger partial charge < -0.3 is 14.3 Å². The summed E-state index contributed by atoms with van der Waals surface area (Å²) in [7, 11) is 0. The van der Waals surface area contributed by atoms with Crippen LogP contribution in [0.1, 0.15) is 49.9 Å². The molecular formula is C17H25N3O2S. The Morgan fingerprint density at radius 3 is 2.91 bits per heavy atom. The van der Waals surface area contributed by atoms with E-state index < -0.39 is 0 Å². The highest BCUT2D eigenvalue weighted by Crippen LogP contribution is 2.22. The average Bonchev–Trinajstić information content (AvgIpc) is 3.14. The Morgan fingerprint density at radius 1 is 1.48 bits per heavy atom. The summed E-state index contributed by atoms with van der Waals surface area (Å²) in [6.07, 6.45) is 3.87. The molecule has 0 saturated carbocycles. The summed E-state index contributed by atoms with van der Waals surface area (Å²) >= 11 is 1.49. The molecule has 0 fully saturated rings. The Kier molecular flexibility index (Phi) is 6.33. The summed E-state index contributed by atoms with van der Waals surface area (Å²) in [6, 6.07) is 3.56. The molecule has 0 radical (unpaired) electrons. The highest BCUT2D eigenvalue weighted by molar-refractivity contribution is 7.99. The Balaban J connectivity index is 1.92. The van der Waals surface area contributed by atoms with Gasteiger partial charge in [-0.1, -0.05) is 25.1 Å². The normalized spacial score (nSPS) is 12.3. The van der Waals surface area contributed by atoms with Crippen LogP contribution in [0.4, 0.5) is 0 Å². The fourth-order valence-corrected chi connectivity index (χ4v) is 3.26. The molecule has 0 spiro atoms. The van der Waals surface area contributed by atoms with E-state index in [1.807, 2.05) is 26.0 Å². The number of carbonyl (C=O) groups excluding carboxylic acids is 1. The maximum Gasteiger partial charge on any atom is 0.231 e. The lowest BCUT2D eigenvalue weighted by Gasteiger charge is -2.12. The minimum absolute atomic E-state index is 0.0146. The van der Waals surface area contributed by atoms with E-state index in [0.717, 1.165) is 36.0 Å². The van der Waals surface area contributed by atoms with Crippen molar-refractivity contribution < 1.29 is 9.21 Å². The highest BCUT2D eigenvalue weighted by atomic mass is 32.2. The standard InChI is InChI=1S/C17H25N3O2S/c1-5-6-9-20-14(4)12(2)19-17(20)23-11-16(21)18-13(3)15-8-7-10-22-15/h7-8,10,13H,5-6,9,11H2,1-4H3,(H,18,21). The molecule has 1 unspecified atom stereocenters. The van der Waals surface area contributed by atoms with Crippen LogP contribution in [-0.2, 0) is 11.3 Å². The zero-order valence-corrected chi connectivity index (χ0v) is 15.1. The number of amides is 1. The molecule has 1 amide bonds. The van der Waals surface area contributed by atoms with Gasteiger partial charge in [0.25, 0.3) is 0 Å². The van der Waals surface area contributed by atoms with Crippen molar-refractivity contribution in [2.75, 3.05) is 5.75 Å². The molecule has 2 aromatic rings. The lowest BCUT2D eigenvalue weighted by molar-refractivity contribution is -0.119. The van der Waals surface area contributed by atoms with Gasteiger partial charge in [0.1, 0.15) is 5.76 Å². The second kappa shape index (κ2) is 8.24. The van der Waals surface area contributed by atoms with Crippen LogP contribution in [0.5, 0.6) is 0 Å². The molecule has 1 N–H and O–H groups in total. The maximum atomic E-state index is 12.1. The minimum Gasteiger partial charge on any atom is -0.467 e. The van der Waals surface area contributed by atoms with Crippen LogP contribution in [0.25, 0.3) is 0 Å². The summed E-state index contributed by atoms with van der Waals surface area (Å²) < 4.78 is 7.52. The van der Waals surface area contributed by atoms with E-state index in [1.54, 1.807) is 6.26 Å². The average molecular weight is 335 g/mol. The number of furan rings is 1. The zero-order chi connectivity index (χ0) is 16.8. The first kappa shape index (κ1) is 17.7. The van der Waals surface area contributed by atoms with E-state index in [0.29, 0.717) is 5.75 Å². The third kappa shape index (κ3) is 4.64. The Labute approximate surface area is 141 Å². The molecule has 0 saturated heterocycles. The first-order valence-electron chi connectivity index (χ1n) is 8.02. The van der Waals surface area contributed by atoms with Gasteiger partial charge in [0, 0.05) is 12.2 Å². The SMILES string of the molecule is CCCCn1c(SCC(=O)NC(C)c2ccco2)nc(C)c1C. The third-order valence-corrected chi connectivity index (χ3v) is 4.81. The van der Waals surface area contributed by atoms with Gasteiger partial charge in [0.05, 0.1) is 23.8 Å². The van der Waals surface area contributed by atoms with Crippen LogP contribution in [0.3, 0.4) is 0 Å². The van der Waals surface area contributed by atoms with Gasteiger partial charge in [0.2, 0.25) is 5.91 Å². The molecule has 5 nitrogen and oxygen atoms in total. The largest absolute Gasteiger partial charge is 0.467 e. The molecule has 1 atom stereocenters. The summed E-state index contributed by atoms with van der Waals surface area (Å²) in [5.74, 6) is 1.10. The number of nitrogens with one attached hydrogen (secondary N) is 1. The molecule has 6 heteroatoms. The zero-order valence-electron chi connectivity index (χ0n) is 14.3. The summed E-state index contributed by atoms with van der Waals surface area (Å²) in [4.78, 5) is 16.7. The van der Waals surface area contributed by atoms with E-state index in [4.69, 9.17) is 4.42 Å². The first-order valence-corrected chi connectivity index (χ1v) is 9.00. The second-order valence-corrected chi connectivity index (χ2v) is 6.61. The summed E-state index contributed by atoms with van der Waals surface area (Å²) in [5, 5.41) is 3.87. The highest BCUT2D eigenvalue weighted by Gasteiger charge is 2.15. The van der Waals surface area contributed by atoms with Crippen LogP contribution in [-0.4, -0.2) is 21.2 Å². The van der Waals surface area contributed by atoms with Crippen LogP contribution >= 0.6 is 11.8 Å². The topological polar surface area (TPSA) is 60.1 Å². The van der Waals surface area contributed by atoms with Crippen LogP contribution in [0.2, 0.25) is 0 Å². The van der Waals surface area contributed by atoms with E-state index in [2.05, 4.69) is 28.7 Å². The molecule has 23 heavy (non-hydrogen) atoms. The summed E-state index contributed by atoms with van der Waals surface area (Å²) in [6.45, 7) is 9.14. The number of aromatic nitrogens is 2. The van der Waals surface area contributed by atoms with Gasteiger partial charge in [-0.25, -0.2) is 4.98 Å². The number of imidazole rings is 1. The van der Waals surface area contributed by atoms with Crippen molar-refractivity contribution in [2.24, 2.45) is 0 Å². The van der Waals surface area contributed by atoms with E-state index >= 15 is 0 Å². The Hall–Kier alpha value is -1.69. The number of aryl methyl sites for hydroxylation is 1. The van der Waals surface area contributed by atoms with Crippen molar-refractivity contribution in [2.45, 2.75) is 58.3 Å². The van der Waals surface area contributed by atoms with Gasteiger partial charge in [0.15, 0.2) is 5.16 Å². The lowest BCUT2D eigenvalue weighted by Crippen LogP contribution is -2.28. The minimum atomic E-state index is -0.124. The first-order chi connectivity index (χ1) is 11.0. The second-order valence-electron chi connectivity index (χ2n) is 5.66. The maximum absolute atomic E-state index is 12.1. The fourth-order valence-electron chi connectivity index (χ4n) is 2.34. The molecule has 0 aromatic carbocycles. The number of hydrogen-bond donors (Lipinski definition) is 1. The van der Waals surface area contributed by atoms with Crippen LogP contribution < -0.4 is 5.32 Å². The van der Waals surface area contributed by atoms with Gasteiger partial charge in [-0.15, -0.1) is 0 Å². The molecule has 0 aliphatic rings. The van der Waals surface area contributed by atoms with E-state index in [9.17, 15) is 4.79 Å². The molecule has 0 aliphatic heterocycles. The van der Waals surface area contributed by atoms with Crippen molar-refractivity contribution in [3.63, 3.8) is 0 Å². The monoisotopic (exact) mass is 335 g/mol. The van der Waals surface area contributed by atoms with Crippen molar-refractivity contribution in [1.29, 1.82) is 0 Å². The van der Waals surface area contributed by atoms with Crippen molar-refractivity contribution in [3.05, 3.63) is 35.5 Å². The van der Waals surface area contributed by atoms with Gasteiger partial charge in [-0.3, -0.25) is 4.79 Å². The van der Waals surface area contributed by atoms with Crippen LogP contribution in [0, 0.1) is 13.8 Å². The molecule has 126 valence electrons. The Bertz CT molecular complexity index is 635. The molecular weight excluding hydrogens is 310 g/mol. The lowest BCUT2D eigenvalue weighted by atomic mass is 10.2. The number of thioether (sulfide) groups is 1. The van der Waals surface area contributed by atoms with E-state index in [1.165, 1.54) is 17.5 Å². The molecule has 2 aromatic heterocycles. The van der Waals surface area contributed by atoms with Gasteiger partial charge in [-0.05, 0) is 39.3 Å². The van der Waals surface area contributed by atoms with E-state index in [-0.39, 0.29) is 11.9 Å². The summed E-state index contributed by atoms with van der Waals surface area (Å²) in [5.41, 5.74) is 2.22. The van der Waals surface area contributed by atoms with Crippen LogP contribution in [0.15, 0.2) is 28.0 Å². The number of unbranched alkanes of at least 4 members (excludes halogenated alkanes) is 1. The third-order valence-electron chi connectivity index (χ3n) is 3.84. The number of hydrogen-bond acceptors (Lipinski definition) is 4. The number of nitrogens with zero attached hydrogens (tertiary/aromatic N) is 2. The number of carbonyl (C=O) groups is 1. The molecule has 0 aliphatic carbocycles. The fraction of sp³-hybridized carbons (Fsp3) is 0.529. The smallest absolute Gasteiger partial charge is 0.231 e. The Morgan fingerprint density at radius 2 is 2.26 bits per heavy atom. The van der Waals surface area contributed by atoms with Crippen molar-refractivity contribution >= 4 is 17.7 Å². The molecule has 2 heterocycles. The van der Waals surface area contributed by atoms with Crippen molar-refractivity contribution in [1.82, 2.24) is 14.9 Å². The van der Waals surface area contributed by atoms with Crippen molar-refractivity contribution in [3.8, 4) is 0 Å². The van der Waals surface area contributed by atoms with Gasteiger partial charge >= 0.3 is 0 Å². The molecule has 0 bridgehead atoms. The molecule has 2 rings (SSSR count). The number of rotatable bonds is 8. The quantitative estimate of drug-likeness (QED) is 0.744.